The molecule has 0 bridgehead atoms. The summed E-state index contributed by atoms with van der Waals surface area (Å²) < 4.78 is 0. The first kappa shape index (κ1) is 11.2. The average molecular weight is 177 g/mol. The van der Waals surface area contributed by atoms with Crippen LogP contribution in [0.5, 0.6) is 0 Å². The number of aromatic carboxylic acids is 2. The van der Waals surface area contributed by atoms with E-state index in [1.807, 2.05) is 0 Å². The number of carboxylic acid groups (broad SMARTS) is 2. The van der Waals surface area contributed by atoms with Crippen LogP contribution in [0, 0.1) is 0 Å². The molecule has 0 aliphatic rings. The van der Waals surface area contributed by atoms with Gasteiger partial charge in [0.1, 0.15) is 0 Å². The highest BCUT2D eigenvalue weighted by atomic mass is 16.4. The molecule has 0 fully saturated rings. The van der Waals surface area contributed by atoms with Crippen LogP contribution >= 0.6 is 0 Å². The third-order valence-corrected chi connectivity index (χ3v) is 1.36. The highest BCUT2D eigenvalue weighted by molar-refractivity contribution is 5.93. The van der Waals surface area contributed by atoms with Crippen LogP contribution < -0.4 is 0 Å². The molecule has 0 saturated carbocycles. The van der Waals surface area contributed by atoms with Gasteiger partial charge < -0.3 is 10.2 Å². The van der Waals surface area contributed by atoms with Gasteiger partial charge in [-0.1, -0.05) is 6.07 Å². The molecule has 0 aliphatic heterocycles. The first-order chi connectivity index (χ1) is 5.61. The molecule has 13 heavy (non-hydrogen) atoms. The second-order valence-corrected chi connectivity index (χ2v) is 2.19. The van der Waals surface area contributed by atoms with Crippen LogP contribution in [0.4, 0.5) is 0 Å². The normalized spacial score (nSPS) is 8.62. The van der Waals surface area contributed by atoms with Crippen molar-refractivity contribution in [1.82, 2.24) is 0 Å². The topological polar surface area (TPSA) is 74.6 Å². The highest BCUT2D eigenvalue weighted by Gasteiger charge is 2.06. The van der Waals surface area contributed by atoms with Crippen molar-refractivity contribution in [2.45, 2.75) is 0 Å². The van der Waals surface area contributed by atoms with E-state index in [1.165, 1.54) is 18.2 Å². The molecule has 0 spiro atoms. The van der Waals surface area contributed by atoms with E-state index < -0.39 is 11.9 Å². The minimum absolute atomic E-state index is 0. The Kier molecular flexibility index (Phi) is 3.71. The Morgan fingerprint density at radius 1 is 1.00 bits per heavy atom. The Morgan fingerprint density at radius 3 is 1.69 bits per heavy atom. The quantitative estimate of drug-likeness (QED) is 0.652. The molecule has 2 N–H and O–H groups in total. The van der Waals surface area contributed by atoms with Crippen molar-refractivity contribution in [2.75, 3.05) is 0 Å². The molecule has 0 aliphatic carbocycles. The smallest absolute Gasteiger partial charge is 0.335 e. The van der Waals surface area contributed by atoms with Crippen LogP contribution in [-0.2, 0) is 0 Å². The third-order valence-electron chi connectivity index (χ3n) is 1.36. The van der Waals surface area contributed by atoms with Gasteiger partial charge in [0.2, 0.25) is 0 Å². The predicted octanol–water partition coefficient (Wildman–Crippen LogP) is 0.702. The molecular weight excluding hydrogens is 171 g/mol. The lowest BCUT2D eigenvalue weighted by Gasteiger charge is -1.95. The Hall–Kier alpha value is -1.78. The molecule has 0 saturated heterocycles. The number of hydrogen-bond acceptors (Lipinski definition) is 2. The van der Waals surface area contributed by atoms with Gasteiger partial charge in [-0.2, -0.15) is 0 Å². The maximum atomic E-state index is 10.4. The Morgan fingerprint density at radius 2 is 1.38 bits per heavy atom. The van der Waals surface area contributed by atoms with Crippen molar-refractivity contribution in [1.29, 1.82) is 0 Å². The molecule has 1 rings (SSSR count). The second-order valence-electron chi connectivity index (χ2n) is 2.19. The zero-order valence-electron chi connectivity index (χ0n) is 6.60. The molecule has 0 heterocycles. The van der Waals surface area contributed by atoms with Crippen molar-refractivity contribution in [3.8, 4) is 0 Å². The minimum atomic E-state index is -1.13. The van der Waals surface area contributed by atoms with Gasteiger partial charge in [0.25, 0.3) is 0 Å². The summed E-state index contributed by atoms with van der Waals surface area (Å²) in [4.78, 5) is 20.8. The lowest BCUT2D eigenvalue weighted by atomic mass is 10.1. The first-order valence-corrected chi connectivity index (χ1v) is 3.18. The molecule has 1 aromatic carbocycles. The summed E-state index contributed by atoms with van der Waals surface area (Å²) in [5, 5.41) is 17.0. The monoisotopic (exact) mass is 177 g/mol. The van der Waals surface area contributed by atoms with Gasteiger partial charge in [0.15, 0.2) is 0 Å². The van der Waals surface area contributed by atoms with Crippen LogP contribution in [0.25, 0.3) is 0 Å². The van der Waals surface area contributed by atoms with Crippen molar-refractivity contribution >= 4 is 20.4 Å². The van der Waals surface area contributed by atoms with Crippen molar-refractivity contribution in [3.63, 3.8) is 0 Å². The fourth-order valence-corrected chi connectivity index (χ4v) is 0.785. The van der Waals surface area contributed by atoms with E-state index in [4.69, 9.17) is 10.2 Å². The van der Waals surface area contributed by atoms with Gasteiger partial charge in [-0.15, -0.1) is 0 Å². The maximum Gasteiger partial charge on any atom is 0.335 e. The lowest BCUT2D eigenvalue weighted by molar-refractivity contribution is 0.0696. The van der Waals surface area contributed by atoms with E-state index in [2.05, 4.69) is 0 Å². The Balaban J connectivity index is 0.00000144. The van der Waals surface area contributed by atoms with E-state index in [0.29, 0.717) is 0 Å². The van der Waals surface area contributed by atoms with Gasteiger partial charge in [-0.25, -0.2) is 9.59 Å². The van der Waals surface area contributed by atoms with Crippen molar-refractivity contribution < 1.29 is 19.8 Å². The Bertz CT molecular complexity index is 305. The van der Waals surface area contributed by atoms with Gasteiger partial charge in [-0.05, 0) is 18.2 Å². The van der Waals surface area contributed by atoms with Gasteiger partial charge >= 0.3 is 11.9 Å². The van der Waals surface area contributed by atoms with E-state index >= 15 is 0 Å². The molecule has 65 valence electrons. The van der Waals surface area contributed by atoms with E-state index in [1.54, 1.807) is 0 Å². The molecular formula is C8H6BO4. The van der Waals surface area contributed by atoms with Gasteiger partial charge in [0.05, 0.1) is 11.1 Å². The summed E-state index contributed by atoms with van der Waals surface area (Å²) >= 11 is 0. The molecule has 1 aromatic rings. The summed E-state index contributed by atoms with van der Waals surface area (Å²) in [6.07, 6.45) is 0. The van der Waals surface area contributed by atoms with Crippen LogP contribution in [0.1, 0.15) is 20.7 Å². The molecule has 5 heteroatoms. The van der Waals surface area contributed by atoms with Gasteiger partial charge in [-0.3, -0.25) is 0 Å². The first-order valence-electron chi connectivity index (χ1n) is 3.18. The van der Waals surface area contributed by atoms with Crippen LogP contribution in [0.3, 0.4) is 0 Å². The standard InChI is InChI=1S/C8H6O4.B/c9-7(10)5-2-1-3-6(4-5)8(11)12;/h1-4H,(H,9,10)(H,11,12);. The van der Waals surface area contributed by atoms with Crippen molar-refractivity contribution in [3.05, 3.63) is 35.4 Å². The zero-order valence-corrected chi connectivity index (χ0v) is 6.60. The zero-order chi connectivity index (χ0) is 9.14. The van der Waals surface area contributed by atoms with E-state index in [-0.39, 0.29) is 19.5 Å². The van der Waals surface area contributed by atoms with Crippen LogP contribution in [-0.4, -0.2) is 30.6 Å². The fraction of sp³-hybridized carbons (Fsp3) is 0. The third kappa shape index (κ3) is 2.63. The maximum absolute atomic E-state index is 10.4. The lowest BCUT2D eigenvalue weighted by Crippen LogP contribution is -2.01. The summed E-state index contributed by atoms with van der Waals surface area (Å²) in [5.41, 5.74) is -0.0372. The molecule has 3 radical (unpaired) electrons. The molecule has 0 amide bonds. The molecule has 4 nitrogen and oxygen atoms in total. The molecule has 0 aromatic heterocycles. The largest absolute Gasteiger partial charge is 0.478 e. The number of carbonyl (C=O) groups is 2. The predicted molar refractivity (Wildman–Crippen MR) is 46.1 cm³/mol. The number of rotatable bonds is 2. The summed E-state index contributed by atoms with van der Waals surface area (Å²) in [6, 6.07) is 5.20. The molecule has 0 unspecified atom stereocenters. The summed E-state index contributed by atoms with van der Waals surface area (Å²) in [6.45, 7) is 0. The van der Waals surface area contributed by atoms with Crippen LogP contribution in [0.15, 0.2) is 24.3 Å². The number of hydrogen-bond donors (Lipinski definition) is 2. The fourth-order valence-electron chi connectivity index (χ4n) is 0.785. The average Bonchev–Trinajstić information content (AvgIpc) is 2.04. The Labute approximate surface area is 76.4 Å². The summed E-state index contributed by atoms with van der Waals surface area (Å²) in [7, 11) is 0. The van der Waals surface area contributed by atoms with E-state index in [0.717, 1.165) is 6.07 Å². The van der Waals surface area contributed by atoms with Crippen molar-refractivity contribution in [2.24, 2.45) is 0 Å². The second kappa shape index (κ2) is 4.30. The van der Waals surface area contributed by atoms with Crippen LogP contribution in [0.2, 0.25) is 0 Å². The van der Waals surface area contributed by atoms with Gasteiger partial charge in [0, 0.05) is 8.41 Å². The summed E-state index contributed by atoms with van der Waals surface area (Å²) in [5.74, 6) is -2.25. The minimum Gasteiger partial charge on any atom is -0.478 e. The number of benzene rings is 1. The SMILES string of the molecule is O=C(O)c1cccc(C(=O)O)c1.[B]. The van der Waals surface area contributed by atoms with E-state index in [9.17, 15) is 9.59 Å². The number of carboxylic acids is 2. The molecule has 0 atom stereocenters. The highest BCUT2D eigenvalue weighted by Crippen LogP contribution is 2.04.